The standard InChI is InChI=1S/C17H24N2OS/c1-11(2)18-10-14-15(17(3,4)5)19-16(21-14)12-7-6-8-13(20)9-12/h6-9,11,18,20H,10H2,1-5H3. The number of rotatable bonds is 4. The summed E-state index contributed by atoms with van der Waals surface area (Å²) < 4.78 is 0. The Morgan fingerprint density at radius 2 is 2.00 bits per heavy atom. The molecule has 2 aromatic rings. The molecular weight excluding hydrogens is 280 g/mol. The van der Waals surface area contributed by atoms with Crippen molar-refractivity contribution in [3.05, 3.63) is 34.8 Å². The van der Waals surface area contributed by atoms with Crippen molar-refractivity contribution in [3.63, 3.8) is 0 Å². The molecule has 0 unspecified atom stereocenters. The first-order chi connectivity index (χ1) is 9.77. The van der Waals surface area contributed by atoms with Gasteiger partial charge in [0.25, 0.3) is 0 Å². The molecule has 2 rings (SSSR count). The van der Waals surface area contributed by atoms with Crippen molar-refractivity contribution in [2.75, 3.05) is 0 Å². The van der Waals surface area contributed by atoms with Crippen molar-refractivity contribution in [2.45, 2.75) is 52.6 Å². The lowest BCUT2D eigenvalue weighted by atomic mass is 9.91. The molecule has 0 aliphatic heterocycles. The van der Waals surface area contributed by atoms with Gasteiger partial charge in [-0.05, 0) is 12.1 Å². The van der Waals surface area contributed by atoms with Crippen LogP contribution < -0.4 is 5.32 Å². The third-order valence-electron chi connectivity index (χ3n) is 3.17. The van der Waals surface area contributed by atoms with E-state index in [1.165, 1.54) is 4.88 Å². The predicted molar refractivity (Wildman–Crippen MR) is 89.9 cm³/mol. The van der Waals surface area contributed by atoms with E-state index in [4.69, 9.17) is 4.98 Å². The number of phenolic OH excluding ortho intramolecular Hbond substituents is 1. The molecule has 0 aliphatic rings. The summed E-state index contributed by atoms with van der Waals surface area (Å²) >= 11 is 1.71. The Morgan fingerprint density at radius 3 is 2.57 bits per heavy atom. The molecule has 0 saturated carbocycles. The Balaban J connectivity index is 2.40. The quantitative estimate of drug-likeness (QED) is 0.884. The molecule has 0 saturated heterocycles. The number of hydrogen-bond acceptors (Lipinski definition) is 4. The molecule has 0 radical (unpaired) electrons. The zero-order valence-electron chi connectivity index (χ0n) is 13.4. The molecule has 0 fully saturated rings. The van der Waals surface area contributed by atoms with Gasteiger partial charge in [0.2, 0.25) is 0 Å². The van der Waals surface area contributed by atoms with Crippen LogP contribution in [0.3, 0.4) is 0 Å². The van der Waals surface area contributed by atoms with E-state index in [0.717, 1.165) is 22.8 Å². The van der Waals surface area contributed by atoms with Crippen LogP contribution in [0.4, 0.5) is 0 Å². The molecule has 21 heavy (non-hydrogen) atoms. The van der Waals surface area contributed by atoms with Crippen LogP contribution in [0.2, 0.25) is 0 Å². The van der Waals surface area contributed by atoms with Gasteiger partial charge in [-0.25, -0.2) is 4.98 Å². The number of nitrogens with zero attached hydrogens (tertiary/aromatic N) is 1. The van der Waals surface area contributed by atoms with Gasteiger partial charge >= 0.3 is 0 Å². The Morgan fingerprint density at radius 1 is 1.29 bits per heavy atom. The van der Waals surface area contributed by atoms with Crippen LogP contribution in [0, 0.1) is 0 Å². The molecule has 1 aromatic heterocycles. The van der Waals surface area contributed by atoms with Gasteiger partial charge in [-0.3, -0.25) is 0 Å². The molecule has 1 heterocycles. The number of aromatic hydroxyl groups is 1. The highest BCUT2D eigenvalue weighted by Gasteiger charge is 2.23. The van der Waals surface area contributed by atoms with Crippen LogP contribution in [-0.4, -0.2) is 16.1 Å². The first kappa shape index (κ1) is 16.0. The smallest absolute Gasteiger partial charge is 0.124 e. The van der Waals surface area contributed by atoms with Crippen LogP contribution in [0.1, 0.15) is 45.2 Å². The summed E-state index contributed by atoms with van der Waals surface area (Å²) in [6, 6.07) is 7.75. The molecule has 3 nitrogen and oxygen atoms in total. The van der Waals surface area contributed by atoms with Gasteiger partial charge in [-0.15, -0.1) is 11.3 Å². The fourth-order valence-electron chi connectivity index (χ4n) is 2.12. The number of thiazole rings is 1. The van der Waals surface area contributed by atoms with E-state index in [9.17, 15) is 5.11 Å². The molecule has 0 atom stereocenters. The van der Waals surface area contributed by atoms with E-state index >= 15 is 0 Å². The summed E-state index contributed by atoms with van der Waals surface area (Å²) in [5, 5.41) is 14.1. The molecule has 0 spiro atoms. The normalized spacial score (nSPS) is 12.1. The van der Waals surface area contributed by atoms with Gasteiger partial charge in [0.05, 0.1) is 5.69 Å². The van der Waals surface area contributed by atoms with Gasteiger partial charge in [-0.1, -0.05) is 46.8 Å². The Bertz CT molecular complexity index is 611. The Labute approximate surface area is 131 Å². The van der Waals surface area contributed by atoms with Crippen molar-refractivity contribution in [3.8, 4) is 16.3 Å². The summed E-state index contributed by atoms with van der Waals surface area (Å²) in [7, 11) is 0. The highest BCUT2D eigenvalue weighted by molar-refractivity contribution is 7.15. The molecule has 114 valence electrons. The second kappa shape index (κ2) is 6.16. The van der Waals surface area contributed by atoms with Gasteiger partial charge < -0.3 is 10.4 Å². The maximum Gasteiger partial charge on any atom is 0.124 e. The van der Waals surface area contributed by atoms with Crippen molar-refractivity contribution >= 4 is 11.3 Å². The number of hydrogen-bond donors (Lipinski definition) is 2. The van der Waals surface area contributed by atoms with Crippen molar-refractivity contribution in [1.29, 1.82) is 0 Å². The van der Waals surface area contributed by atoms with Crippen LogP contribution in [0.15, 0.2) is 24.3 Å². The fourth-order valence-corrected chi connectivity index (χ4v) is 3.34. The highest BCUT2D eigenvalue weighted by atomic mass is 32.1. The maximum absolute atomic E-state index is 9.65. The van der Waals surface area contributed by atoms with Gasteiger partial charge in [0.1, 0.15) is 10.8 Å². The van der Waals surface area contributed by atoms with E-state index in [2.05, 4.69) is 39.9 Å². The minimum absolute atomic E-state index is 0.0135. The maximum atomic E-state index is 9.65. The average Bonchev–Trinajstić information content (AvgIpc) is 2.80. The number of aromatic nitrogens is 1. The van der Waals surface area contributed by atoms with Crippen LogP contribution in [-0.2, 0) is 12.0 Å². The summed E-state index contributed by atoms with van der Waals surface area (Å²) in [6.45, 7) is 11.7. The topological polar surface area (TPSA) is 45.1 Å². The van der Waals surface area contributed by atoms with Gasteiger partial charge in [0.15, 0.2) is 0 Å². The van der Waals surface area contributed by atoms with E-state index in [1.807, 2.05) is 12.1 Å². The van der Waals surface area contributed by atoms with E-state index < -0.39 is 0 Å². The predicted octanol–water partition coefficient (Wildman–Crippen LogP) is 4.31. The number of benzene rings is 1. The van der Waals surface area contributed by atoms with E-state index in [-0.39, 0.29) is 11.2 Å². The van der Waals surface area contributed by atoms with Crippen LogP contribution in [0.25, 0.3) is 10.6 Å². The molecular formula is C17H24N2OS. The minimum atomic E-state index is 0.0135. The van der Waals surface area contributed by atoms with Crippen LogP contribution >= 0.6 is 11.3 Å². The van der Waals surface area contributed by atoms with Crippen molar-refractivity contribution in [1.82, 2.24) is 10.3 Å². The number of nitrogens with one attached hydrogen (secondary N) is 1. The summed E-state index contributed by atoms with van der Waals surface area (Å²) in [5.41, 5.74) is 2.12. The third-order valence-corrected chi connectivity index (χ3v) is 4.28. The SMILES string of the molecule is CC(C)NCc1sc(-c2cccc(O)c2)nc1C(C)(C)C. The highest BCUT2D eigenvalue weighted by Crippen LogP contribution is 2.35. The Hall–Kier alpha value is -1.39. The summed E-state index contributed by atoms with van der Waals surface area (Å²) in [5.74, 6) is 0.280. The fraction of sp³-hybridized carbons (Fsp3) is 0.471. The van der Waals surface area contributed by atoms with Crippen molar-refractivity contribution in [2.24, 2.45) is 0 Å². The molecule has 0 amide bonds. The first-order valence-electron chi connectivity index (χ1n) is 7.30. The lowest BCUT2D eigenvalue weighted by Gasteiger charge is -2.18. The second-order valence-electron chi connectivity index (χ2n) is 6.63. The monoisotopic (exact) mass is 304 g/mol. The number of phenols is 1. The van der Waals surface area contributed by atoms with Gasteiger partial charge in [-0.2, -0.15) is 0 Å². The van der Waals surface area contributed by atoms with Crippen LogP contribution in [0.5, 0.6) is 5.75 Å². The lowest BCUT2D eigenvalue weighted by Crippen LogP contribution is -2.23. The molecule has 4 heteroatoms. The molecule has 1 aromatic carbocycles. The molecule has 0 aliphatic carbocycles. The van der Waals surface area contributed by atoms with Crippen molar-refractivity contribution < 1.29 is 5.11 Å². The molecule has 0 bridgehead atoms. The first-order valence-corrected chi connectivity index (χ1v) is 8.12. The minimum Gasteiger partial charge on any atom is -0.508 e. The van der Waals surface area contributed by atoms with Gasteiger partial charge in [0, 0.05) is 28.4 Å². The van der Waals surface area contributed by atoms with E-state index in [0.29, 0.717) is 6.04 Å². The average molecular weight is 304 g/mol. The zero-order chi connectivity index (χ0) is 15.6. The summed E-state index contributed by atoms with van der Waals surface area (Å²) in [6.07, 6.45) is 0. The lowest BCUT2D eigenvalue weighted by molar-refractivity contribution is 0.475. The Kier molecular flexibility index (Phi) is 4.69. The largest absolute Gasteiger partial charge is 0.508 e. The molecule has 2 N–H and O–H groups in total. The summed E-state index contributed by atoms with van der Waals surface area (Å²) in [4.78, 5) is 6.11. The second-order valence-corrected chi connectivity index (χ2v) is 7.71. The third kappa shape index (κ3) is 4.05. The zero-order valence-corrected chi connectivity index (χ0v) is 14.2. The van der Waals surface area contributed by atoms with E-state index in [1.54, 1.807) is 23.5 Å².